The molecule has 1 atom stereocenters. The van der Waals surface area contributed by atoms with Gasteiger partial charge in [-0.1, -0.05) is 31.9 Å². The highest BCUT2D eigenvalue weighted by Gasteiger charge is 2.12. The Morgan fingerprint density at radius 1 is 1.37 bits per heavy atom. The summed E-state index contributed by atoms with van der Waals surface area (Å²) in [5.74, 6) is 0.909. The topological polar surface area (TPSA) is 57.8 Å². The van der Waals surface area contributed by atoms with Crippen molar-refractivity contribution in [1.82, 2.24) is 15.3 Å². The van der Waals surface area contributed by atoms with Gasteiger partial charge in [-0.2, -0.15) is 0 Å². The van der Waals surface area contributed by atoms with E-state index in [1.54, 1.807) is 0 Å². The second kappa shape index (κ2) is 6.36. The number of aromatic nitrogens is 2. The molecule has 1 amide bonds. The Hall–Kier alpha value is -1.84. The van der Waals surface area contributed by atoms with Crippen LogP contribution in [0.15, 0.2) is 24.3 Å². The number of fused-ring (bicyclic) bond motifs is 1. The Kier molecular flexibility index (Phi) is 4.55. The molecule has 0 aliphatic carbocycles. The molecule has 0 aliphatic rings. The van der Waals surface area contributed by atoms with Gasteiger partial charge in [-0.05, 0) is 25.5 Å². The van der Waals surface area contributed by atoms with Crippen LogP contribution in [0, 0.1) is 0 Å². The molecular weight excluding hydrogens is 238 g/mol. The van der Waals surface area contributed by atoms with Crippen molar-refractivity contribution in [2.24, 2.45) is 0 Å². The van der Waals surface area contributed by atoms with Crippen LogP contribution in [-0.2, 0) is 4.79 Å². The maximum atomic E-state index is 11.8. The third kappa shape index (κ3) is 3.56. The molecule has 0 fully saturated rings. The summed E-state index contributed by atoms with van der Waals surface area (Å²) in [4.78, 5) is 19.5. The van der Waals surface area contributed by atoms with Gasteiger partial charge in [-0.3, -0.25) is 4.79 Å². The van der Waals surface area contributed by atoms with Crippen LogP contribution in [0.5, 0.6) is 0 Å². The van der Waals surface area contributed by atoms with E-state index in [-0.39, 0.29) is 11.9 Å². The third-order valence-electron chi connectivity index (χ3n) is 3.20. The molecule has 2 aromatic rings. The molecule has 4 heteroatoms. The highest BCUT2D eigenvalue weighted by molar-refractivity contribution is 5.77. The van der Waals surface area contributed by atoms with Crippen LogP contribution in [0.25, 0.3) is 11.0 Å². The molecule has 4 nitrogen and oxygen atoms in total. The van der Waals surface area contributed by atoms with E-state index in [0.29, 0.717) is 6.42 Å². The number of hydrogen-bond acceptors (Lipinski definition) is 2. The molecule has 0 radical (unpaired) electrons. The van der Waals surface area contributed by atoms with Gasteiger partial charge in [0.1, 0.15) is 5.82 Å². The predicted octanol–water partition coefficient (Wildman–Crippen LogP) is 3.32. The first-order valence-electron chi connectivity index (χ1n) is 6.94. The smallest absolute Gasteiger partial charge is 0.220 e. The maximum Gasteiger partial charge on any atom is 0.220 e. The Morgan fingerprint density at radius 2 is 2.16 bits per heavy atom. The van der Waals surface area contributed by atoms with Crippen LogP contribution >= 0.6 is 0 Å². The fraction of sp³-hybridized carbons (Fsp3) is 0.467. The van der Waals surface area contributed by atoms with E-state index in [9.17, 15) is 4.79 Å². The highest BCUT2D eigenvalue weighted by Crippen LogP contribution is 2.15. The number of imidazole rings is 1. The minimum atomic E-state index is -0.0819. The monoisotopic (exact) mass is 259 g/mol. The zero-order chi connectivity index (χ0) is 13.7. The van der Waals surface area contributed by atoms with Crippen LogP contribution in [-0.4, -0.2) is 15.9 Å². The van der Waals surface area contributed by atoms with Crippen molar-refractivity contribution in [2.45, 2.75) is 45.6 Å². The van der Waals surface area contributed by atoms with Gasteiger partial charge in [0, 0.05) is 6.42 Å². The first-order valence-corrected chi connectivity index (χ1v) is 6.94. The third-order valence-corrected chi connectivity index (χ3v) is 3.20. The summed E-state index contributed by atoms with van der Waals surface area (Å²) in [6.07, 6.45) is 3.78. The van der Waals surface area contributed by atoms with Crippen molar-refractivity contribution in [2.75, 3.05) is 0 Å². The SMILES string of the molecule is CCCCCC(=O)N[C@H](C)c1nc2ccccc2[nH]1. The maximum absolute atomic E-state index is 11.8. The van der Waals surface area contributed by atoms with Crippen molar-refractivity contribution in [3.05, 3.63) is 30.1 Å². The molecule has 102 valence electrons. The van der Waals surface area contributed by atoms with E-state index in [2.05, 4.69) is 22.2 Å². The summed E-state index contributed by atoms with van der Waals surface area (Å²) in [6.45, 7) is 4.09. The lowest BCUT2D eigenvalue weighted by Gasteiger charge is -2.11. The minimum Gasteiger partial charge on any atom is -0.346 e. The van der Waals surface area contributed by atoms with Crippen molar-refractivity contribution >= 4 is 16.9 Å². The van der Waals surface area contributed by atoms with Gasteiger partial charge in [0.2, 0.25) is 5.91 Å². The molecule has 2 N–H and O–H groups in total. The second-order valence-corrected chi connectivity index (χ2v) is 4.89. The normalized spacial score (nSPS) is 12.5. The fourth-order valence-corrected chi connectivity index (χ4v) is 2.10. The van der Waals surface area contributed by atoms with E-state index in [1.165, 1.54) is 0 Å². The molecule has 0 unspecified atom stereocenters. The quantitative estimate of drug-likeness (QED) is 0.782. The molecule has 0 bridgehead atoms. The van der Waals surface area contributed by atoms with Gasteiger partial charge >= 0.3 is 0 Å². The summed E-state index contributed by atoms with van der Waals surface area (Å²) < 4.78 is 0. The standard InChI is InChI=1S/C15H21N3O/c1-3-4-5-10-14(19)16-11(2)15-17-12-8-6-7-9-13(12)18-15/h6-9,11H,3-5,10H2,1-2H3,(H,16,19)(H,17,18)/t11-/m1/s1. The summed E-state index contributed by atoms with van der Waals surface area (Å²) in [6, 6.07) is 7.80. The number of amides is 1. The zero-order valence-electron chi connectivity index (χ0n) is 11.6. The molecule has 0 spiro atoms. The van der Waals surface area contributed by atoms with Crippen LogP contribution < -0.4 is 5.32 Å². The highest BCUT2D eigenvalue weighted by atomic mass is 16.1. The summed E-state index contributed by atoms with van der Waals surface area (Å²) in [5.41, 5.74) is 1.94. The minimum absolute atomic E-state index is 0.0819. The van der Waals surface area contributed by atoms with Crippen molar-refractivity contribution in [1.29, 1.82) is 0 Å². The molecule has 0 saturated heterocycles. The summed E-state index contributed by atoms with van der Waals surface area (Å²) >= 11 is 0. The number of nitrogens with zero attached hydrogens (tertiary/aromatic N) is 1. The molecule has 1 aromatic carbocycles. The first-order chi connectivity index (χ1) is 9.20. The van der Waals surface area contributed by atoms with Gasteiger partial charge in [0.15, 0.2) is 0 Å². The molecule has 1 heterocycles. The Balaban J connectivity index is 1.95. The van der Waals surface area contributed by atoms with Crippen LogP contribution in [0.2, 0.25) is 0 Å². The number of unbranched alkanes of at least 4 members (excludes halogenated alkanes) is 2. The van der Waals surface area contributed by atoms with E-state index < -0.39 is 0 Å². The van der Waals surface area contributed by atoms with Crippen molar-refractivity contribution in [3.63, 3.8) is 0 Å². The van der Waals surface area contributed by atoms with Gasteiger partial charge < -0.3 is 10.3 Å². The second-order valence-electron chi connectivity index (χ2n) is 4.89. The molecule has 1 aromatic heterocycles. The Bertz CT molecular complexity index is 514. The fourth-order valence-electron chi connectivity index (χ4n) is 2.10. The number of para-hydroxylation sites is 2. The van der Waals surface area contributed by atoms with Gasteiger partial charge in [0.05, 0.1) is 17.1 Å². The van der Waals surface area contributed by atoms with E-state index in [1.807, 2.05) is 31.2 Å². The number of nitrogens with one attached hydrogen (secondary N) is 2. The number of aromatic amines is 1. The summed E-state index contributed by atoms with van der Waals surface area (Å²) in [7, 11) is 0. The number of hydrogen-bond donors (Lipinski definition) is 2. The molecule has 19 heavy (non-hydrogen) atoms. The van der Waals surface area contributed by atoms with Crippen LogP contribution in [0.1, 0.15) is 51.4 Å². The predicted molar refractivity (Wildman–Crippen MR) is 76.8 cm³/mol. The number of H-pyrrole nitrogens is 1. The molecule has 0 aliphatic heterocycles. The van der Waals surface area contributed by atoms with Gasteiger partial charge in [0.25, 0.3) is 0 Å². The van der Waals surface area contributed by atoms with Crippen molar-refractivity contribution in [3.8, 4) is 0 Å². The summed E-state index contributed by atoms with van der Waals surface area (Å²) in [5, 5.41) is 2.98. The number of benzene rings is 1. The number of rotatable bonds is 6. The van der Waals surface area contributed by atoms with Gasteiger partial charge in [-0.15, -0.1) is 0 Å². The zero-order valence-corrected chi connectivity index (χ0v) is 11.6. The van der Waals surface area contributed by atoms with Crippen LogP contribution in [0.3, 0.4) is 0 Å². The first kappa shape index (κ1) is 13.6. The average Bonchev–Trinajstić information content (AvgIpc) is 2.83. The molecular formula is C15H21N3O. The van der Waals surface area contributed by atoms with Crippen molar-refractivity contribution < 1.29 is 4.79 Å². The average molecular weight is 259 g/mol. The molecule has 2 rings (SSSR count). The van der Waals surface area contributed by atoms with Gasteiger partial charge in [-0.25, -0.2) is 4.98 Å². The number of carbonyl (C=O) groups is 1. The lowest BCUT2D eigenvalue weighted by atomic mass is 10.2. The lowest BCUT2D eigenvalue weighted by Crippen LogP contribution is -2.27. The van der Waals surface area contributed by atoms with E-state index >= 15 is 0 Å². The van der Waals surface area contributed by atoms with Crippen LogP contribution in [0.4, 0.5) is 0 Å². The molecule has 0 saturated carbocycles. The Morgan fingerprint density at radius 3 is 2.89 bits per heavy atom. The largest absolute Gasteiger partial charge is 0.346 e. The Labute approximate surface area is 113 Å². The van der Waals surface area contributed by atoms with E-state index in [4.69, 9.17) is 0 Å². The lowest BCUT2D eigenvalue weighted by molar-refractivity contribution is -0.121. The van der Waals surface area contributed by atoms with E-state index in [0.717, 1.165) is 36.1 Å². The number of carbonyl (C=O) groups excluding carboxylic acids is 1.